The lowest BCUT2D eigenvalue weighted by atomic mass is 10.5. The molecule has 1 heterocycles. The van der Waals surface area contributed by atoms with Crippen molar-refractivity contribution in [2.75, 3.05) is 18.2 Å². The Morgan fingerprint density at radius 1 is 1.44 bits per heavy atom. The second-order valence-corrected chi connectivity index (χ2v) is 5.54. The highest BCUT2D eigenvalue weighted by atomic mass is 35.5. The van der Waals surface area contributed by atoms with E-state index in [1.54, 1.807) is 12.1 Å². The van der Waals surface area contributed by atoms with Gasteiger partial charge in [0.05, 0.1) is 12.4 Å². The Balaban J connectivity index is 2.90. The number of pyridine rings is 1. The second kappa shape index (κ2) is 6.06. The number of hydrogen-bond donors (Lipinski definition) is 0. The molecule has 0 saturated heterocycles. The average Bonchev–Trinajstić information content (AvgIpc) is 2.27. The molecule has 1 aromatic heterocycles. The topological polar surface area (TPSA) is 56.3 Å². The van der Waals surface area contributed by atoms with Crippen molar-refractivity contribution in [1.29, 1.82) is 0 Å². The van der Waals surface area contributed by atoms with Gasteiger partial charge in [0.25, 0.3) is 0 Å². The summed E-state index contributed by atoms with van der Waals surface area (Å²) in [6.07, 6.45) is 0.421. The summed E-state index contributed by atoms with van der Waals surface area (Å²) in [6.45, 7) is 2.27. The van der Waals surface area contributed by atoms with E-state index in [2.05, 4.69) is 4.98 Å². The van der Waals surface area contributed by atoms with Gasteiger partial charge in [-0.15, -0.1) is 11.6 Å². The number of halogens is 1. The summed E-state index contributed by atoms with van der Waals surface area (Å²) in [7, 11) is -3.34. The van der Waals surface area contributed by atoms with E-state index in [0.717, 1.165) is 0 Å². The summed E-state index contributed by atoms with van der Waals surface area (Å²) in [5.74, 6) is 0.665. The van der Waals surface area contributed by atoms with E-state index < -0.39 is 9.84 Å². The number of hydrogen-bond acceptors (Lipinski definition) is 4. The smallest absolute Gasteiger partial charge is 0.214 e. The van der Waals surface area contributed by atoms with Gasteiger partial charge in [-0.3, -0.25) is 0 Å². The van der Waals surface area contributed by atoms with E-state index in [-0.39, 0.29) is 10.8 Å². The van der Waals surface area contributed by atoms with Crippen molar-refractivity contribution in [3.63, 3.8) is 0 Å². The van der Waals surface area contributed by atoms with Crippen LogP contribution in [0.5, 0.6) is 5.88 Å². The van der Waals surface area contributed by atoms with Crippen molar-refractivity contribution in [1.82, 2.24) is 4.98 Å². The molecule has 0 saturated carbocycles. The lowest BCUT2D eigenvalue weighted by Gasteiger charge is -2.05. The highest BCUT2D eigenvalue weighted by Gasteiger charge is 2.15. The van der Waals surface area contributed by atoms with Gasteiger partial charge in [-0.25, -0.2) is 13.4 Å². The number of aromatic nitrogens is 1. The standard InChI is InChI=1S/C10H14ClNO3S/c1-2-15-9-5-3-6-10(12-9)16(13,14)8-4-7-11/h3,5-6H,2,4,7-8H2,1H3. The van der Waals surface area contributed by atoms with Crippen LogP contribution in [-0.2, 0) is 9.84 Å². The number of alkyl halides is 1. The van der Waals surface area contributed by atoms with Crippen LogP contribution in [0.3, 0.4) is 0 Å². The molecule has 0 aromatic carbocycles. The predicted octanol–water partition coefficient (Wildman–Crippen LogP) is 1.88. The van der Waals surface area contributed by atoms with E-state index >= 15 is 0 Å². The van der Waals surface area contributed by atoms with E-state index in [1.165, 1.54) is 6.07 Å². The van der Waals surface area contributed by atoms with Gasteiger partial charge < -0.3 is 4.74 Å². The highest BCUT2D eigenvalue weighted by Crippen LogP contribution is 2.14. The first kappa shape index (κ1) is 13.3. The van der Waals surface area contributed by atoms with Gasteiger partial charge in [-0.05, 0) is 19.4 Å². The Kier molecular flexibility index (Phi) is 5.02. The quantitative estimate of drug-likeness (QED) is 0.736. The molecule has 0 spiro atoms. The first-order valence-electron chi connectivity index (χ1n) is 4.98. The Labute approximate surface area is 101 Å². The van der Waals surface area contributed by atoms with Gasteiger partial charge in [0.2, 0.25) is 5.88 Å². The summed E-state index contributed by atoms with van der Waals surface area (Å²) in [4.78, 5) is 3.93. The second-order valence-electron chi connectivity index (χ2n) is 3.11. The molecule has 0 aliphatic rings. The summed E-state index contributed by atoms with van der Waals surface area (Å²) in [6, 6.07) is 4.71. The summed E-state index contributed by atoms with van der Waals surface area (Å²) < 4.78 is 28.7. The minimum absolute atomic E-state index is 0.0130. The molecular weight excluding hydrogens is 250 g/mol. The molecule has 16 heavy (non-hydrogen) atoms. The first-order chi connectivity index (χ1) is 7.60. The van der Waals surface area contributed by atoms with E-state index in [4.69, 9.17) is 16.3 Å². The molecule has 90 valence electrons. The highest BCUT2D eigenvalue weighted by molar-refractivity contribution is 7.91. The zero-order chi connectivity index (χ0) is 12.0. The van der Waals surface area contributed by atoms with E-state index in [9.17, 15) is 8.42 Å². The third-order valence-electron chi connectivity index (χ3n) is 1.86. The molecule has 0 unspecified atom stereocenters. The summed E-state index contributed by atoms with van der Waals surface area (Å²) >= 11 is 5.47. The van der Waals surface area contributed by atoms with Crippen molar-refractivity contribution in [3.8, 4) is 5.88 Å². The van der Waals surface area contributed by atoms with Crippen molar-refractivity contribution >= 4 is 21.4 Å². The van der Waals surface area contributed by atoms with Crippen molar-refractivity contribution < 1.29 is 13.2 Å². The molecule has 1 aromatic rings. The molecule has 0 fully saturated rings. The Hall–Kier alpha value is -0.810. The van der Waals surface area contributed by atoms with Crippen LogP contribution in [0.4, 0.5) is 0 Å². The fourth-order valence-corrected chi connectivity index (χ4v) is 2.69. The number of ether oxygens (including phenoxy) is 1. The molecular formula is C10H14ClNO3S. The van der Waals surface area contributed by atoms with Gasteiger partial charge >= 0.3 is 0 Å². The molecule has 0 atom stereocenters. The van der Waals surface area contributed by atoms with Crippen LogP contribution in [0.25, 0.3) is 0 Å². The van der Waals surface area contributed by atoms with Crippen LogP contribution < -0.4 is 4.74 Å². The van der Waals surface area contributed by atoms with Crippen LogP contribution in [-0.4, -0.2) is 31.6 Å². The van der Waals surface area contributed by atoms with Crippen LogP contribution >= 0.6 is 11.6 Å². The Bertz CT molecular complexity index is 433. The molecule has 0 radical (unpaired) electrons. The van der Waals surface area contributed by atoms with Crippen LogP contribution in [0.1, 0.15) is 13.3 Å². The lowest BCUT2D eigenvalue weighted by molar-refractivity contribution is 0.324. The molecule has 0 aliphatic carbocycles. The Morgan fingerprint density at radius 2 is 2.19 bits per heavy atom. The molecule has 6 heteroatoms. The average molecular weight is 264 g/mol. The number of rotatable bonds is 6. The third-order valence-corrected chi connectivity index (χ3v) is 3.81. The molecule has 1 rings (SSSR count). The van der Waals surface area contributed by atoms with Crippen molar-refractivity contribution in [2.24, 2.45) is 0 Å². The van der Waals surface area contributed by atoms with Gasteiger partial charge in [0.1, 0.15) is 0 Å². The fourth-order valence-electron chi connectivity index (χ4n) is 1.15. The minimum atomic E-state index is -3.34. The Morgan fingerprint density at radius 3 is 2.81 bits per heavy atom. The SMILES string of the molecule is CCOc1cccc(S(=O)(=O)CCCCl)n1. The molecule has 4 nitrogen and oxygen atoms in total. The third kappa shape index (κ3) is 3.64. The van der Waals surface area contributed by atoms with Crippen LogP contribution in [0, 0.1) is 0 Å². The maximum absolute atomic E-state index is 11.8. The maximum Gasteiger partial charge on any atom is 0.214 e. The van der Waals surface area contributed by atoms with Gasteiger partial charge in [-0.2, -0.15) is 0 Å². The minimum Gasteiger partial charge on any atom is -0.478 e. The largest absolute Gasteiger partial charge is 0.478 e. The number of sulfone groups is 1. The maximum atomic E-state index is 11.8. The monoisotopic (exact) mass is 263 g/mol. The normalized spacial score (nSPS) is 11.4. The van der Waals surface area contributed by atoms with E-state index in [0.29, 0.717) is 24.8 Å². The summed E-state index contributed by atoms with van der Waals surface area (Å²) in [5, 5.41) is 0.0450. The van der Waals surface area contributed by atoms with Crippen LogP contribution in [0.15, 0.2) is 23.2 Å². The lowest BCUT2D eigenvalue weighted by Crippen LogP contribution is -2.10. The predicted molar refractivity (Wildman–Crippen MR) is 62.8 cm³/mol. The first-order valence-corrected chi connectivity index (χ1v) is 7.17. The zero-order valence-corrected chi connectivity index (χ0v) is 10.6. The van der Waals surface area contributed by atoms with E-state index in [1.807, 2.05) is 6.92 Å². The van der Waals surface area contributed by atoms with Gasteiger partial charge in [0.15, 0.2) is 14.9 Å². The number of nitrogens with zero attached hydrogens (tertiary/aromatic N) is 1. The fraction of sp³-hybridized carbons (Fsp3) is 0.500. The van der Waals surface area contributed by atoms with Crippen LogP contribution in [0.2, 0.25) is 0 Å². The molecule has 0 amide bonds. The molecule has 0 bridgehead atoms. The molecule has 0 N–H and O–H groups in total. The van der Waals surface area contributed by atoms with Crippen molar-refractivity contribution in [2.45, 2.75) is 18.4 Å². The van der Waals surface area contributed by atoms with Gasteiger partial charge in [-0.1, -0.05) is 6.07 Å². The van der Waals surface area contributed by atoms with Gasteiger partial charge in [0, 0.05) is 11.9 Å². The molecule has 0 aliphatic heterocycles. The van der Waals surface area contributed by atoms with Crippen molar-refractivity contribution in [3.05, 3.63) is 18.2 Å². The zero-order valence-electron chi connectivity index (χ0n) is 9.02. The summed E-state index contributed by atoms with van der Waals surface area (Å²) in [5.41, 5.74) is 0.